The van der Waals surface area contributed by atoms with Crippen LogP contribution in [0.25, 0.3) is 0 Å². The Morgan fingerprint density at radius 2 is 1.85 bits per heavy atom. The van der Waals surface area contributed by atoms with Crippen LogP contribution >= 0.6 is 0 Å². The molecule has 1 heterocycles. The zero-order valence-electron chi connectivity index (χ0n) is 14.5. The van der Waals surface area contributed by atoms with Crippen molar-refractivity contribution in [2.24, 2.45) is 0 Å². The molecule has 0 unspecified atom stereocenters. The Morgan fingerprint density at radius 1 is 1.12 bits per heavy atom. The van der Waals surface area contributed by atoms with Gasteiger partial charge in [-0.15, -0.1) is 0 Å². The summed E-state index contributed by atoms with van der Waals surface area (Å²) in [7, 11) is 0. The van der Waals surface area contributed by atoms with Crippen LogP contribution in [0.3, 0.4) is 0 Å². The highest BCUT2D eigenvalue weighted by Crippen LogP contribution is 2.46. The monoisotopic (exact) mass is 367 g/mol. The van der Waals surface area contributed by atoms with Gasteiger partial charge in [0.2, 0.25) is 5.92 Å². The predicted molar refractivity (Wildman–Crippen MR) is 90.6 cm³/mol. The maximum atomic E-state index is 13.6. The number of nitrogens with zero attached hydrogens (tertiary/aromatic N) is 1. The van der Waals surface area contributed by atoms with E-state index < -0.39 is 24.0 Å². The number of aliphatic carboxylic acids is 1. The lowest BCUT2D eigenvalue weighted by Gasteiger charge is -2.51. The minimum absolute atomic E-state index is 0.182. The molecule has 0 atom stereocenters. The average Bonchev–Trinajstić information content (AvgIpc) is 2.63. The van der Waals surface area contributed by atoms with Crippen molar-refractivity contribution in [3.63, 3.8) is 0 Å². The molecular formula is C19H23F2NO4. The van der Waals surface area contributed by atoms with Crippen molar-refractivity contribution in [3.05, 3.63) is 29.8 Å². The third-order valence-corrected chi connectivity index (χ3v) is 5.45. The molecule has 26 heavy (non-hydrogen) atoms. The standard InChI is InChI=1S/C19H23F2NO4/c20-19(21)9-7-18(8-10-19)6-1-2-11-22(18)17(25)14-4-3-5-15(12-14)26-13-16(23)24/h3-5,12H,1-2,6-11,13H2,(H,23,24). The zero-order valence-corrected chi connectivity index (χ0v) is 14.5. The summed E-state index contributed by atoms with van der Waals surface area (Å²) in [6.45, 7) is 0.0744. The first kappa shape index (κ1) is 18.6. The minimum atomic E-state index is -2.64. The predicted octanol–water partition coefficient (Wildman–Crippen LogP) is 3.72. The maximum Gasteiger partial charge on any atom is 0.341 e. The van der Waals surface area contributed by atoms with Crippen molar-refractivity contribution in [2.45, 2.75) is 56.4 Å². The second-order valence-electron chi connectivity index (χ2n) is 7.20. The van der Waals surface area contributed by atoms with Gasteiger partial charge in [-0.2, -0.15) is 0 Å². The van der Waals surface area contributed by atoms with E-state index in [1.165, 1.54) is 6.07 Å². The van der Waals surface area contributed by atoms with Gasteiger partial charge in [-0.3, -0.25) is 4.79 Å². The van der Waals surface area contributed by atoms with Crippen LogP contribution in [0.4, 0.5) is 8.78 Å². The molecule has 1 saturated carbocycles. The van der Waals surface area contributed by atoms with Crippen molar-refractivity contribution in [3.8, 4) is 5.75 Å². The largest absolute Gasteiger partial charge is 0.482 e. The number of halogens is 2. The van der Waals surface area contributed by atoms with Gasteiger partial charge in [-0.25, -0.2) is 13.6 Å². The van der Waals surface area contributed by atoms with Crippen LogP contribution in [0.1, 0.15) is 55.3 Å². The molecule has 3 rings (SSSR count). The van der Waals surface area contributed by atoms with E-state index in [0.29, 0.717) is 30.7 Å². The minimum Gasteiger partial charge on any atom is -0.482 e. The Labute approximate surface area is 150 Å². The van der Waals surface area contributed by atoms with Gasteiger partial charge in [0, 0.05) is 30.5 Å². The van der Waals surface area contributed by atoms with Crippen molar-refractivity contribution in [1.29, 1.82) is 0 Å². The fraction of sp³-hybridized carbons (Fsp3) is 0.579. The first-order valence-electron chi connectivity index (χ1n) is 8.96. The molecule has 0 bridgehead atoms. The molecule has 5 nitrogen and oxygen atoms in total. The van der Waals surface area contributed by atoms with Crippen LogP contribution in [-0.2, 0) is 4.79 Å². The number of likely N-dealkylation sites (tertiary alicyclic amines) is 1. The Bertz CT molecular complexity index is 682. The molecule has 142 valence electrons. The molecule has 1 amide bonds. The first-order valence-corrected chi connectivity index (χ1v) is 8.96. The van der Waals surface area contributed by atoms with Crippen molar-refractivity contribution in [2.75, 3.05) is 13.2 Å². The highest BCUT2D eigenvalue weighted by molar-refractivity contribution is 5.95. The summed E-state index contributed by atoms with van der Waals surface area (Å²) >= 11 is 0. The second kappa shape index (κ2) is 7.21. The topological polar surface area (TPSA) is 66.8 Å². The quantitative estimate of drug-likeness (QED) is 0.881. The maximum absolute atomic E-state index is 13.6. The Kier molecular flexibility index (Phi) is 5.16. The highest BCUT2D eigenvalue weighted by atomic mass is 19.3. The molecule has 7 heteroatoms. The van der Waals surface area contributed by atoms with Gasteiger partial charge in [0.05, 0.1) is 0 Å². The number of carboxylic acid groups (broad SMARTS) is 1. The van der Waals surface area contributed by atoms with Crippen LogP contribution < -0.4 is 4.74 Å². The van der Waals surface area contributed by atoms with Gasteiger partial charge in [0.25, 0.3) is 5.91 Å². The van der Waals surface area contributed by atoms with Crippen molar-refractivity contribution in [1.82, 2.24) is 4.90 Å². The number of hydrogen-bond donors (Lipinski definition) is 1. The van der Waals surface area contributed by atoms with E-state index in [0.717, 1.165) is 19.3 Å². The molecule has 0 radical (unpaired) electrons. The van der Waals surface area contributed by atoms with Crippen LogP contribution in [0, 0.1) is 0 Å². The summed E-state index contributed by atoms with van der Waals surface area (Å²) in [6.07, 6.45) is 2.83. The highest BCUT2D eigenvalue weighted by Gasteiger charge is 2.48. The molecule has 2 fully saturated rings. The van der Waals surface area contributed by atoms with E-state index in [-0.39, 0.29) is 18.7 Å². The van der Waals surface area contributed by atoms with Crippen LogP contribution in [0.5, 0.6) is 5.75 Å². The number of carbonyl (C=O) groups is 2. The summed E-state index contributed by atoms with van der Waals surface area (Å²) in [5, 5.41) is 8.70. The van der Waals surface area contributed by atoms with E-state index in [2.05, 4.69) is 0 Å². The molecular weight excluding hydrogens is 344 g/mol. The van der Waals surface area contributed by atoms with E-state index >= 15 is 0 Å². The lowest BCUT2D eigenvalue weighted by Crippen LogP contribution is -2.57. The van der Waals surface area contributed by atoms with E-state index in [1.54, 1.807) is 23.1 Å². The van der Waals surface area contributed by atoms with Crippen LogP contribution in [0.2, 0.25) is 0 Å². The van der Waals surface area contributed by atoms with Gasteiger partial charge >= 0.3 is 5.97 Å². The fourth-order valence-corrected chi connectivity index (χ4v) is 4.03. The summed E-state index contributed by atoms with van der Waals surface area (Å²) in [5.41, 5.74) is -0.0962. The van der Waals surface area contributed by atoms with E-state index in [1.807, 2.05) is 0 Å². The fourth-order valence-electron chi connectivity index (χ4n) is 4.03. The number of carboxylic acids is 1. The summed E-state index contributed by atoms with van der Waals surface area (Å²) in [6, 6.07) is 6.39. The number of hydrogen-bond acceptors (Lipinski definition) is 3. The van der Waals surface area contributed by atoms with Crippen LogP contribution in [0.15, 0.2) is 24.3 Å². The number of rotatable bonds is 4. The van der Waals surface area contributed by atoms with Crippen molar-refractivity contribution < 1.29 is 28.2 Å². The Balaban J connectivity index is 1.79. The SMILES string of the molecule is O=C(O)COc1cccc(C(=O)N2CCCCC23CCC(F)(F)CC3)c1. The normalized spacial score (nSPS) is 21.4. The number of benzene rings is 1. The van der Waals surface area contributed by atoms with Crippen molar-refractivity contribution >= 4 is 11.9 Å². The van der Waals surface area contributed by atoms with E-state index in [9.17, 15) is 18.4 Å². The second-order valence-corrected chi connectivity index (χ2v) is 7.20. The van der Waals surface area contributed by atoms with Gasteiger partial charge < -0.3 is 14.7 Å². The summed E-state index contributed by atoms with van der Waals surface area (Å²) < 4.78 is 32.4. The number of ether oxygens (including phenoxy) is 1. The molecule has 0 aromatic heterocycles. The van der Waals surface area contributed by atoms with Crippen LogP contribution in [-0.4, -0.2) is 46.5 Å². The summed E-state index contributed by atoms with van der Waals surface area (Å²) in [5.74, 6) is -3.63. The van der Waals surface area contributed by atoms with Gasteiger partial charge in [0.15, 0.2) is 6.61 Å². The molecule has 1 saturated heterocycles. The lowest BCUT2D eigenvalue weighted by molar-refractivity contribution is -0.139. The van der Waals surface area contributed by atoms with Gasteiger partial charge in [-0.1, -0.05) is 6.07 Å². The zero-order chi connectivity index (χ0) is 18.8. The molecule has 1 aromatic carbocycles. The molecule has 1 aliphatic heterocycles. The number of amides is 1. The molecule has 1 N–H and O–H groups in total. The Morgan fingerprint density at radius 3 is 2.54 bits per heavy atom. The molecule has 1 spiro atoms. The molecule has 1 aromatic rings. The van der Waals surface area contributed by atoms with E-state index in [4.69, 9.17) is 9.84 Å². The number of alkyl halides is 2. The summed E-state index contributed by atoms with van der Waals surface area (Å²) in [4.78, 5) is 25.5. The first-order chi connectivity index (χ1) is 12.3. The average molecular weight is 367 g/mol. The lowest BCUT2D eigenvalue weighted by atomic mass is 9.73. The number of piperidine rings is 1. The smallest absolute Gasteiger partial charge is 0.341 e. The molecule has 2 aliphatic rings. The third-order valence-electron chi connectivity index (χ3n) is 5.45. The molecule has 1 aliphatic carbocycles. The Hall–Kier alpha value is -2.18. The van der Waals surface area contributed by atoms with Gasteiger partial charge in [-0.05, 0) is 50.3 Å². The number of carbonyl (C=O) groups excluding carboxylic acids is 1. The van der Waals surface area contributed by atoms with Gasteiger partial charge in [0.1, 0.15) is 5.75 Å². The third kappa shape index (κ3) is 3.97.